The van der Waals surface area contributed by atoms with E-state index in [1.165, 1.54) is 32.4 Å². The molecule has 2 rings (SSSR count). The largest absolute Gasteiger partial charge is 0.494 e. The molecule has 114 valence electrons. The van der Waals surface area contributed by atoms with Gasteiger partial charge in [-0.25, -0.2) is 0 Å². The van der Waals surface area contributed by atoms with Crippen LogP contribution in [0.25, 0.3) is 6.08 Å². The first-order valence-corrected chi connectivity index (χ1v) is 7.88. The van der Waals surface area contributed by atoms with Crippen LogP contribution in [0.1, 0.15) is 38.2 Å². The van der Waals surface area contributed by atoms with Crippen molar-refractivity contribution in [3.8, 4) is 5.75 Å². The fraction of sp³-hybridized carbons (Fsp3) is 0.500. The minimum atomic E-state index is 0.0630. The van der Waals surface area contributed by atoms with Gasteiger partial charge in [-0.2, -0.15) is 0 Å². The SMILES string of the molecule is CC(=O)/C=C/c1ccc(OCCCN2CCCCC2)cc1. The van der Waals surface area contributed by atoms with Gasteiger partial charge in [0.15, 0.2) is 5.78 Å². The number of rotatable bonds is 7. The van der Waals surface area contributed by atoms with Crippen molar-refractivity contribution in [2.75, 3.05) is 26.2 Å². The zero-order valence-corrected chi connectivity index (χ0v) is 12.9. The molecule has 1 aliphatic rings. The van der Waals surface area contributed by atoms with Gasteiger partial charge in [0.25, 0.3) is 0 Å². The van der Waals surface area contributed by atoms with E-state index >= 15 is 0 Å². The van der Waals surface area contributed by atoms with Crippen molar-refractivity contribution in [2.45, 2.75) is 32.6 Å². The van der Waals surface area contributed by atoms with Crippen LogP contribution in [0.15, 0.2) is 30.3 Å². The second-order valence-corrected chi connectivity index (χ2v) is 5.62. The summed E-state index contributed by atoms with van der Waals surface area (Å²) in [6, 6.07) is 7.86. The number of hydrogen-bond donors (Lipinski definition) is 0. The van der Waals surface area contributed by atoms with Crippen molar-refractivity contribution in [3.05, 3.63) is 35.9 Å². The Morgan fingerprint density at radius 2 is 1.90 bits per heavy atom. The van der Waals surface area contributed by atoms with Gasteiger partial charge in [0.05, 0.1) is 6.61 Å². The number of likely N-dealkylation sites (tertiary alicyclic amines) is 1. The van der Waals surface area contributed by atoms with Crippen LogP contribution in [0.2, 0.25) is 0 Å². The van der Waals surface area contributed by atoms with Gasteiger partial charge >= 0.3 is 0 Å². The lowest BCUT2D eigenvalue weighted by molar-refractivity contribution is -0.112. The zero-order valence-electron chi connectivity index (χ0n) is 12.9. The molecule has 0 amide bonds. The first-order chi connectivity index (χ1) is 10.2. The monoisotopic (exact) mass is 287 g/mol. The van der Waals surface area contributed by atoms with E-state index in [-0.39, 0.29) is 5.78 Å². The molecule has 1 fully saturated rings. The highest BCUT2D eigenvalue weighted by atomic mass is 16.5. The Kier molecular flexibility index (Phi) is 6.48. The number of carbonyl (C=O) groups is 1. The van der Waals surface area contributed by atoms with Crippen LogP contribution in [0, 0.1) is 0 Å². The molecule has 0 N–H and O–H groups in total. The molecule has 3 heteroatoms. The molecular weight excluding hydrogens is 262 g/mol. The number of allylic oxidation sites excluding steroid dienone is 1. The lowest BCUT2D eigenvalue weighted by atomic mass is 10.1. The Labute approximate surface area is 127 Å². The van der Waals surface area contributed by atoms with E-state index in [0.29, 0.717) is 0 Å². The quantitative estimate of drug-likeness (QED) is 0.567. The number of nitrogens with zero attached hydrogens (tertiary/aromatic N) is 1. The molecule has 3 nitrogen and oxygen atoms in total. The molecule has 0 spiro atoms. The lowest BCUT2D eigenvalue weighted by Crippen LogP contribution is -2.31. The summed E-state index contributed by atoms with van der Waals surface area (Å²) in [6.07, 6.45) is 8.55. The molecule has 0 unspecified atom stereocenters. The molecule has 0 aromatic heterocycles. The summed E-state index contributed by atoms with van der Waals surface area (Å²) in [6.45, 7) is 5.95. The highest BCUT2D eigenvalue weighted by molar-refractivity contribution is 5.91. The van der Waals surface area contributed by atoms with Gasteiger partial charge in [0.1, 0.15) is 5.75 Å². The van der Waals surface area contributed by atoms with E-state index in [1.54, 1.807) is 13.0 Å². The molecule has 1 aromatic rings. The van der Waals surface area contributed by atoms with Gasteiger partial charge in [-0.15, -0.1) is 0 Å². The third-order valence-corrected chi connectivity index (χ3v) is 3.73. The molecule has 0 radical (unpaired) electrons. The Balaban J connectivity index is 1.67. The summed E-state index contributed by atoms with van der Waals surface area (Å²) >= 11 is 0. The van der Waals surface area contributed by atoms with Crippen molar-refractivity contribution < 1.29 is 9.53 Å². The maximum atomic E-state index is 10.9. The van der Waals surface area contributed by atoms with E-state index in [1.807, 2.05) is 30.3 Å². The normalized spacial score (nSPS) is 16.2. The van der Waals surface area contributed by atoms with Crippen molar-refractivity contribution in [2.24, 2.45) is 0 Å². The van der Waals surface area contributed by atoms with E-state index < -0.39 is 0 Å². The molecule has 0 aliphatic carbocycles. The van der Waals surface area contributed by atoms with Crippen molar-refractivity contribution in [1.82, 2.24) is 4.90 Å². The number of carbonyl (C=O) groups excluding carboxylic acids is 1. The Hall–Kier alpha value is -1.61. The predicted molar refractivity (Wildman–Crippen MR) is 86.6 cm³/mol. The van der Waals surface area contributed by atoms with Gasteiger partial charge in [0.2, 0.25) is 0 Å². The van der Waals surface area contributed by atoms with Crippen LogP contribution in [-0.4, -0.2) is 36.9 Å². The molecule has 1 heterocycles. The molecular formula is C18H25NO2. The van der Waals surface area contributed by atoms with Gasteiger partial charge in [-0.1, -0.05) is 24.6 Å². The summed E-state index contributed by atoms with van der Waals surface area (Å²) in [5, 5.41) is 0. The summed E-state index contributed by atoms with van der Waals surface area (Å²) < 4.78 is 5.76. The Bertz CT molecular complexity index is 459. The van der Waals surface area contributed by atoms with Crippen molar-refractivity contribution in [1.29, 1.82) is 0 Å². The van der Waals surface area contributed by atoms with E-state index in [4.69, 9.17) is 4.74 Å². The third-order valence-electron chi connectivity index (χ3n) is 3.73. The first kappa shape index (κ1) is 15.8. The van der Waals surface area contributed by atoms with Crippen LogP contribution in [0.5, 0.6) is 5.75 Å². The third kappa shape index (κ3) is 6.13. The summed E-state index contributed by atoms with van der Waals surface area (Å²) in [4.78, 5) is 13.4. The molecule has 0 atom stereocenters. The maximum Gasteiger partial charge on any atom is 0.152 e. The second kappa shape index (κ2) is 8.63. The Morgan fingerprint density at radius 3 is 2.57 bits per heavy atom. The summed E-state index contributed by atoms with van der Waals surface area (Å²) in [7, 11) is 0. The van der Waals surface area contributed by atoms with Crippen LogP contribution >= 0.6 is 0 Å². The number of ether oxygens (including phenoxy) is 1. The average Bonchev–Trinajstić information content (AvgIpc) is 2.52. The average molecular weight is 287 g/mol. The summed E-state index contributed by atoms with van der Waals surface area (Å²) in [5.41, 5.74) is 1.02. The molecule has 1 aromatic carbocycles. The van der Waals surface area contributed by atoms with Gasteiger partial charge in [-0.05, 0) is 63.0 Å². The molecule has 21 heavy (non-hydrogen) atoms. The lowest BCUT2D eigenvalue weighted by Gasteiger charge is -2.26. The fourth-order valence-electron chi connectivity index (χ4n) is 2.55. The molecule has 1 aliphatic heterocycles. The molecule has 0 bridgehead atoms. The highest BCUT2D eigenvalue weighted by Crippen LogP contribution is 2.14. The summed E-state index contributed by atoms with van der Waals surface area (Å²) in [5.74, 6) is 0.960. The number of ketones is 1. The van der Waals surface area contributed by atoms with Crippen LogP contribution in [0.4, 0.5) is 0 Å². The first-order valence-electron chi connectivity index (χ1n) is 7.88. The van der Waals surface area contributed by atoms with Gasteiger partial charge in [-0.3, -0.25) is 4.79 Å². The van der Waals surface area contributed by atoms with E-state index in [0.717, 1.165) is 30.9 Å². The van der Waals surface area contributed by atoms with Crippen LogP contribution in [-0.2, 0) is 4.79 Å². The van der Waals surface area contributed by atoms with Gasteiger partial charge < -0.3 is 9.64 Å². The topological polar surface area (TPSA) is 29.5 Å². The Morgan fingerprint density at radius 1 is 1.19 bits per heavy atom. The highest BCUT2D eigenvalue weighted by Gasteiger charge is 2.08. The van der Waals surface area contributed by atoms with Crippen molar-refractivity contribution in [3.63, 3.8) is 0 Å². The predicted octanol–water partition coefficient (Wildman–Crippen LogP) is 3.54. The zero-order chi connectivity index (χ0) is 14.9. The van der Waals surface area contributed by atoms with Crippen LogP contribution < -0.4 is 4.74 Å². The van der Waals surface area contributed by atoms with E-state index in [9.17, 15) is 4.79 Å². The number of hydrogen-bond acceptors (Lipinski definition) is 3. The maximum absolute atomic E-state index is 10.9. The molecule has 0 saturated carbocycles. The minimum absolute atomic E-state index is 0.0630. The second-order valence-electron chi connectivity index (χ2n) is 5.62. The van der Waals surface area contributed by atoms with Crippen LogP contribution in [0.3, 0.4) is 0 Å². The fourth-order valence-corrected chi connectivity index (χ4v) is 2.55. The number of benzene rings is 1. The smallest absolute Gasteiger partial charge is 0.152 e. The van der Waals surface area contributed by atoms with Gasteiger partial charge in [0, 0.05) is 6.54 Å². The minimum Gasteiger partial charge on any atom is -0.494 e. The molecule has 1 saturated heterocycles. The number of piperidine rings is 1. The van der Waals surface area contributed by atoms with Crippen molar-refractivity contribution >= 4 is 11.9 Å². The standard InChI is InChI=1S/C18H25NO2/c1-16(20)6-7-17-8-10-18(11-9-17)21-15-5-14-19-12-3-2-4-13-19/h6-11H,2-5,12-15H2,1H3/b7-6+. The van der Waals surface area contributed by atoms with E-state index in [2.05, 4.69) is 4.90 Å².